The van der Waals surface area contributed by atoms with Gasteiger partial charge in [0.1, 0.15) is 4.88 Å². The Morgan fingerprint density at radius 2 is 2.43 bits per heavy atom. The summed E-state index contributed by atoms with van der Waals surface area (Å²) in [6.45, 7) is 4.81. The van der Waals surface area contributed by atoms with Crippen LogP contribution in [0.2, 0.25) is 0 Å². The summed E-state index contributed by atoms with van der Waals surface area (Å²) < 4.78 is 3.62. The predicted molar refractivity (Wildman–Crippen MR) is 59.8 cm³/mol. The van der Waals surface area contributed by atoms with E-state index in [1.807, 2.05) is 0 Å². The second kappa shape index (κ2) is 5.41. The molecule has 1 atom stereocenters. The number of hydrogen-bond donors (Lipinski definition) is 1. The lowest BCUT2D eigenvalue weighted by Gasteiger charge is -2.13. The molecule has 0 aliphatic rings. The molecule has 1 amide bonds. The molecule has 0 bridgehead atoms. The van der Waals surface area contributed by atoms with E-state index in [0.717, 1.165) is 11.5 Å². The highest BCUT2D eigenvalue weighted by atomic mass is 79.9. The third-order valence-electron chi connectivity index (χ3n) is 1.77. The minimum Gasteiger partial charge on any atom is -0.350 e. The highest BCUT2D eigenvalue weighted by molar-refractivity contribution is 9.09. The number of carbonyl (C=O) groups is 1. The molecule has 0 saturated carbocycles. The Hall–Kier alpha value is -0.490. The number of alkyl halides is 1. The molecule has 0 spiro atoms. The predicted octanol–water partition coefficient (Wildman–Crippen LogP) is 1.69. The molecule has 1 aromatic heterocycles. The van der Waals surface area contributed by atoms with Gasteiger partial charge in [-0.05, 0) is 17.5 Å². The molecule has 0 radical (unpaired) electrons. The van der Waals surface area contributed by atoms with Crippen molar-refractivity contribution in [2.75, 3.05) is 6.54 Å². The normalized spacial score (nSPS) is 12.9. The van der Waals surface area contributed by atoms with Gasteiger partial charge in [-0.15, -0.1) is 5.10 Å². The van der Waals surface area contributed by atoms with Crippen LogP contribution in [0.4, 0.5) is 0 Å². The first-order valence-electron chi connectivity index (χ1n) is 4.31. The molecule has 0 fully saturated rings. The van der Waals surface area contributed by atoms with Crippen LogP contribution in [0, 0.1) is 5.92 Å². The summed E-state index contributed by atoms with van der Waals surface area (Å²) in [4.78, 5) is 12.3. The number of hydrogen-bond acceptors (Lipinski definition) is 4. The Balaban J connectivity index is 2.36. The van der Waals surface area contributed by atoms with Gasteiger partial charge >= 0.3 is 0 Å². The summed E-state index contributed by atoms with van der Waals surface area (Å²) in [5, 5.41) is 6.41. The summed E-state index contributed by atoms with van der Waals surface area (Å²) in [5.41, 5.74) is 0. The van der Waals surface area contributed by atoms with Gasteiger partial charge in [-0.3, -0.25) is 4.79 Å². The fraction of sp³-hybridized carbons (Fsp3) is 0.625. The molecule has 1 heterocycles. The number of carbonyl (C=O) groups excluding carboxylic acids is 1. The third-order valence-corrected chi connectivity index (χ3v) is 3.81. The minimum absolute atomic E-state index is 0.106. The maximum Gasteiger partial charge on any atom is 0.264 e. The fourth-order valence-electron chi connectivity index (χ4n) is 0.780. The topological polar surface area (TPSA) is 54.9 Å². The van der Waals surface area contributed by atoms with Crippen LogP contribution in [0.5, 0.6) is 0 Å². The van der Waals surface area contributed by atoms with E-state index >= 15 is 0 Å². The van der Waals surface area contributed by atoms with Gasteiger partial charge in [-0.1, -0.05) is 34.3 Å². The highest BCUT2D eigenvalue weighted by Gasteiger charge is 2.12. The summed E-state index contributed by atoms with van der Waals surface area (Å²) >= 11 is 4.59. The van der Waals surface area contributed by atoms with E-state index in [4.69, 9.17) is 0 Å². The van der Waals surface area contributed by atoms with Crippen molar-refractivity contribution >= 4 is 33.4 Å². The Kier molecular flexibility index (Phi) is 4.47. The molecule has 0 aliphatic heterocycles. The summed E-state index contributed by atoms with van der Waals surface area (Å²) in [6, 6.07) is 0. The van der Waals surface area contributed by atoms with Gasteiger partial charge in [0.25, 0.3) is 5.91 Å². The standard InChI is InChI=1S/C8H12BrN3OS/c1-5(2)6(9)3-10-8(13)7-4-11-12-14-7/h4-6H,3H2,1-2H3,(H,10,13). The second-order valence-corrected chi connectivity index (χ2v) is 5.21. The maximum absolute atomic E-state index is 11.4. The van der Waals surface area contributed by atoms with Crippen molar-refractivity contribution < 1.29 is 4.79 Å². The van der Waals surface area contributed by atoms with E-state index in [-0.39, 0.29) is 5.91 Å². The van der Waals surface area contributed by atoms with Crippen LogP contribution in [0.25, 0.3) is 0 Å². The molecule has 1 rings (SSSR count). The van der Waals surface area contributed by atoms with Crippen LogP contribution in [0.15, 0.2) is 6.20 Å². The van der Waals surface area contributed by atoms with E-state index in [1.165, 1.54) is 6.20 Å². The van der Waals surface area contributed by atoms with E-state index < -0.39 is 0 Å². The van der Waals surface area contributed by atoms with Crippen molar-refractivity contribution in [3.05, 3.63) is 11.1 Å². The molecule has 4 nitrogen and oxygen atoms in total. The van der Waals surface area contributed by atoms with E-state index in [0.29, 0.717) is 22.2 Å². The molecule has 0 aromatic carbocycles. The van der Waals surface area contributed by atoms with Crippen molar-refractivity contribution in [3.8, 4) is 0 Å². The third kappa shape index (κ3) is 3.34. The number of nitrogens with one attached hydrogen (secondary N) is 1. The Morgan fingerprint density at radius 3 is 2.93 bits per heavy atom. The van der Waals surface area contributed by atoms with Gasteiger partial charge in [-0.2, -0.15) is 0 Å². The zero-order valence-corrected chi connectivity index (χ0v) is 10.4. The van der Waals surface area contributed by atoms with Crippen LogP contribution in [-0.2, 0) is 0 Å². The van der Waals surface area contributed by atoms with Gasteiger partial charge < -0.3 is 5.32 Å². The lowest BCUT2D eigenvalue weighted by atomic mass is 10.1. The van der Waals surface area contributed by atoms with Crippen LogP contribution < -0.4 is 5.32 Å². The molecule has 1 unspecified atom stereocenters. The van der Waals surface area contributed by atoms with Crippen LogP contribution in [0.3, 0.4) is 0 Å². The lowest BCUT2D eigenvalue weighted by Crippen LogP contribution is -2.31. The number of rotatable bonds is 4. The zero-order valence-electron chi connectivity index (χ0n) is 8.03. The molecular weight excluding hydrogens is 266 g/mol. The summed E-state index contributed by atoms with van der Waals surface area (Å²) in [6.07, 6.45) is 1.47. The molecule has 0 saturated heterocycles. The average Bonchev–Trinajstić information content (AvgIpc) is 2.66. The SMILES string of the molecule is CC(C)C(Br)CNC(=O)c1cnns1. The Bertz CT molecular complexity index is 289. The average molecular weight is 278 g/mol. The van der Waals surface area contributed by atoms with Gasteiger partial charge in [0.15, 0.2) is 0 Å². The van der Waals surface area contributed by atoms with Crippen molar-refractivity contribution in [3.63, 3.8) is 0 Å². The number of halogens is 1. The van der Waals surface area contributed by atoms with E-state index in [1.54, 1.807) is 0 Å². The molecule has 1 aromatic rings. The number of amides is 1. The van der Waals surface area contributed by atoms with Gasteiger partial charge in [0.2, 0.25) is 0 Å². The van der Waals surface area contributed by atoms with Gasteiger partial charge in [0.05, 0.1) is 6.20 Å². The van der Waals surface area contributed by atoms with E-state index in [9.17, 15) is 4.79 Å². The number of nitrogens with zero attached hydrogens (tertiary/aromatic N) is 2. The van der Waals surface area contributed by atoms with Crippen molar-refractivity contribution in [1.82, 2.24) is 14.9 Å². The smallest absolute Gasteiger partial charge is 0.264 e. The lowest BCUT2D eigenvalue weighted by molar-refractivity contribution is 0.0956. The number of aromatic nitrogens is 2. The molecule has 0 aliphatic carbocycles. The molecular formula is C8H12BrN3OS. The largest absolute Gasteiger partial charge is 0.350 e. The summed E-state index contributed by atoms with van der Waals surface area (Å²) in [5.74, 6) is 0.389. The first-order valence-corrected chi connectivity index (χ1v) is 5.99. The molecule has 6 heteroatoms. The van der Waals surface area contributed by atoms with Gasteiger partial charge in [0, 0.05) is 11.4 Å². The second-order valence-electron chi connectivity index (χ2n) is 3.25. The quantitative estimate of drug-likeness (QED) is 0.853. The summed E-state index contributed by atoms with van der Waals surface area (Å²) in [7, 11) is 0. The van der Waals surface area contributed by atoms with Crippen LogP contribution >= 0.6 is 27.5 Å². The molecule has 78 valence electrons. The first kappa shape index (κ1) is 11.6. The van der Waals surface area contributed by atoms with Crippen molar-refractivity contribution in [2.24, 2.45) is 5.92 Å². The monoisotopic (exact) mass is 277 g/mol. The van der Waals surface area contributed by atoms with Crippen LogP contribution in [-0.4, -0.2) is 26.9 Å². The molecule has 14 heavy (non-hydrogen) atoms. The van der Waals surface area contributed by atoms with Crippen LogP contribution in [0.1, 0.15) is 23.5 Å². The highest BCUT2D eigenvalue weighted by Crippen LogP contribution is 2.10. The van der Waals surface area contributed by atoms with E-state index in [2.05, 4.69) is 44.7 Å². The fourth-order valence-corrected chi connectivity index (χ4v) is 1.37. The van der Waals surface area contributed by atoms with Gasteiger partial charge in [-0.25, -0.2) is 0 Å². The first-order chi connectivity index (χ1) is 6.61. The zero-order chi connectivity index (χ0) is 10.6. The maximum atomic E-state index is 11.4. The Labute approximate surface area is 95.4 Å². The molecule has 1 N–H and O–H groups in total. The minimum atomic E-state index is -0.106. The van der Waals surface area contributed by atoms with Crippen molar-refractivity contribution in [1.29, 1.82) is 0 Å². The Morgan fingerprint density at radius 1 is 1.71 bits per heavy atom. The van der Waals surface area contributed by atoms with Crippen molar-refractivity contribution in [2.45, 2.75) is 18.7 Å².